The summed E-state index contributed by atoms with van der Waals surface area (Å²) in [4.78, 5) is 11.0. The zero-order chi connectivity index (χ0) is 13.3. The highest BCUT2D eigenvalue weighted by Crippen LogP contribution is 2.27. The normalized spacial score (nSPS) is 10.4. The average molecular weight is 239 g/mol. The molecule has 0 aliphatic rings. The van der Waals surface area contributed by atoms with Crippen LogP contribution in [-0.2, 0) is 0 Å². The monoisotopic (exact) mass is 239 g/mol. The first-order chi connectivity index (χ1) is 8.50. The second-order valence-electron chi connectivity index (χ2n) is 4.62. The van der Waals surface area contributed by atoms with Gasteiger partial charge in [0.05, 0.1) is 0 Å². The lowest BCUT2D eigenvalue weighted by atomic mass is 9.94. The Kier molecular flexibility index (Phi) is 3.19. The van der Waals surface area contributed by atoms with E-state index in [2.05, 4.69) is 32.9 Å². The lowest BCUT2D eigenvalue weighted by molar-refractivity contribution is 0.100. The average Bonchev–Trinajstić information content (AvgIpc) is 2.36. The second kappa shape index (κ2) is 4.65. The number of primary amides is 1. The zero-order valence-corrected chi connectivity index (χ0v) is 10.9. The molecule has 0 saturated carbocycles. The Balaban J connectivity index is 2.49. The van der Waals surface area contributed by atoms with Crippen molar-refractivity contribution in [2.45, 2.75) is 20.8 Å². The number of carbonyl (C=O) groups excluding carboxylic acids is 1. The molecule has 18 heavy (non-hydrogen) atoms. The SMILES string of the molecule is Cc1ccc(-c2ccc(C(N)=O)cc2)c(C)c1C. The van der Waals surface area contributed by atoms with Crippen LogP contribution in [-0.4, -0.2) is 5.91 Å². The van der Waals surface area contributed by atoms with E-state index in [0.29, 0.717) is 5.56 Å². The molecule has 0 heterocycles. The Hall–Kier alpha value is -2.09. The number of rotatable bonds is 2. The molecule has 2 N–H and O–H groups in total. The molecule has 0 saturated heterocycles. The lowest BCUT2D eigenvalue weighted by Crippen LogP contribution is -2.10. The highest BCUT2D eigenvalue weighted by Gasteiger charge is 2.07. The molecule has 0 bridgehead atoms. The molecule has 0 spiro atoms. The predicted octanol–water partition coefficient (Wildman–Crippen LogP) is 3.38. The van der Waals surface area contributed by atoms with Crippen LogP contribution in [0.25, 0.3) is 11.1 Å². The topological polar surface area (TPSA) is 43.1 Å². The van der Waals surface area contributed by atoms with E-state index in [1.807, 2.05) is 12.1 Å². The fourth-order valence-corrected chi connectivity index (χ4v) is 2.08. The second-order valence-corrected chi connectivity index (χ2v) is 4.62. The highest BCUT2D eigenvalue weighted by molar-refractivity contribution is 5.93. The van der Waals surface area contributed by atoms with Gasteiger partial charge in [0.15, 0.2) is 0 Å². The number of aryl methyl sites for hydroxylation is 1. The van der Waals surface area contributed by atoms with Crippen LogP contribution in [0.1, 0.15) is 27.0 Å². The number of amides is 1. The molecule has 0 aliphatic carbocycles. The van der Waals surface area contributed by atoms with E-state index < -0.39 is 5.91 Å². The fraction of sp³-hybridized carbons (Fsp3) is 0.188. The van der Waals surface area contributed by atoms with Gasteiger partial charge in [-0.1, -0.05) is 24.3 Å². The Morgan fingerprint density at radius 3 is 2.06 bits per heavy atom. The number of carbonyl (C=O) groups is 1. The van der Waals surface area contributed by atoms with Gasteiger partial charge in [-0.25, -0.2) is 0 Å². The van der Waals surface area contributed by atoms with Crippen molar-refractivity contribution in [1.82, 2.24) is 0 Å². The van der Waals surface area contributed by atoms with Crippen LogP contribution in [0.4, 0.5) is 0 Å². The van der Waals surface area contributed by atoms with Gasteiger partial charge in [-0.15, -0.1) is 0 Å². The third-order valence-corrected chi connectivity index (χ3v) is 3.54. The van der Waals surface area contributed by atoms with Gasteiger partial charge in [0.1, 0.15) is 0 Å². The number of benzene rings is 2. The number of nitrogens with two attached hydrogens (primary N) is 1. The minimum Gasteiger partial charge on any atom is -0.366 e. The van der Waals surface area contributed by atoms with Crippen LogP contribution in [0.3, 0.4) is 0 Å². The van der Waals surface area contributed by atoms with Gasteiger partial charge in [-0.05, 0) is 60.7 Å². The highest BCUT2D eigenvalue weighted by atomic mass is 16.1. The van der Waals surface area contributed by atoms with E-state index in [0.717, 1.165) is 5.56 Å². The molecule has 0 fully saturated rings. The van der Waals surface area contributed by atoms with E-state index in [-0.39, 0.29) is 0 Å². The molecule has 0 aromatic heterocycles. The van der Waals surface area contributed by atoms with E-state index in [1.165, 1.54) is 22.3 Å². The molecule has 0 unspecified atom stereocenters. The van der Waals surface area contributed by atoms with Crippen LogP contribution in [0, 0.1) is 20.8 Å². The first kappa shape index (κ1) is 12.4. The molecule has 92 valence electrons. The lowest BCUT2D eigenvalue weighted by Gasteiger charge is -2.11. The van der Waals surface area contributed by atoms with Crippen LogP contribution in [0.15, 0.2) is 36.4 Å². The van der Waals surface area contributed by atoms with Crippen molar-refractivity contribution < 1.29 is 4.79 Å². The minimum absolute atomic E-state index is 0.390. The quantitative estimate of drug-likeness (QED) is 0.857. The third kappa shape index (κ3) is 2.14. The van der Waals surface area contributed by atoms with Crippen molar-refractivity contribution in [3.63, 3.8) is 0 Å². The summed E-state index contributed by atoms with van der Waals surface area (Å²) in [7, 11) is 0. The van der Waals surface area contributed by atoms with Crippen LogP contribution in [0.2, 0.25) is 0 Å². The summed E-state index contributed by atoms with van der Waals surface area (Å²) in [6.45, 7) is 6.37. The molecule has 2 aromatic carbocycles. The predicted molar refractivity (Wildman–Crippen MR) is 74.6 cm³/mol. The minimum atomic E-state index is -0.390. The van der Waals surface area contributed by atoms with Crippen molar-refractivity contribution in [1.29, 1.82) is 0 Å². The standard InChI is InChI=1S/C16H17NO/c1-10-4-9-15(12(3)11(10)2)13-5-7-14(8-6-13)16(17)18/h4-9H,1-3H3,(H2,17,18). The largest absolute Gasteiger partial charge is 0.366 e. The Bertz CT molecular complexity index is 597. The molecular weight excluding hydrogens is 222 g/mol. The van der Waals surface area contributed by atoms with Gasteiger partial charge < -0.3 is 5.73 Å². The summed E-state index contributed by atoms with van der Waals surface area (Å²) in [5.74, 6) is -0.390. The van der Waals surface area contributed by atoms with Crippen LogP contribution < -0.4 is 5.73 Å². The number of hydrogen-bond acceptors (Lipinski definition) is 1. The van der Waals surface area contributed by atoms with Crippen molar-refractivity contribution in [2.24, 2.45) is 5.73 Å². The van der Waals surface area contributed by atoms with E-state index in [9.17, 15) is 4.79 Å². The molecule has 1 amide bonds. The van der Waals surface area contributed by atoms with Gasteiger partial charge in [-0.3, -0.25) is 4.79 Å². The summed E-state index contributed by atoms with van der Waals surface area (Å²) in [6, 6.07) is 11.7. The van der Waals surface area contributed by atoms with Crippen molar-refractivity contribution in [2.75, 3.05) is 0 Å². The smallest absolute Gasteiger partial charge is 0.248 e. The van der Waals surface area contributed by atoms with Gasteiger partial charge in [0, 0.05) is 5.56 Å². The zero-order valence-electron chi connectivity index (χ0n) is 10.9. The van der Waals surface area contributed by atoms with E-state index in [1.54, 1.807) is 12.1 Å². The van der Waals surface area contributed by atoms with Gasteiger partial charge >= 0.3 is 0 Å². The first-order valence-electron chi connectivity index (χ1n) is 5.97. The van der Waals surface area contributed by atoms with Crippen molar-refractivity contribution >= 4 is 5.91 Å². The van der Waals surface area contributed by atoms with Crippen LogP contribution >= 0.6 is 0 Å². The summed E-state index contributed by atoms with van der Waals surface area (Å²) < 4.78 is 0. The maximum Gasteiger partial charge on any atom is 0.248 e. The third-order valence-electron chi connectivity index (χ3n) is 3.54. The van der Waals surface area contributed by atoms with E-state index in [4.69, 9.17) is 5.73 Å². The molecule has 0 atom stereocenters. The Morgan fingerprint density at radius 2 is 1.50 bits per heavy atom. The molecule has 2 heteroatoms. The van der Waals surface area contributed by atoms with Gasteiger partial charge in [0.2, 0.25) is 5.91 Å². The number of hydrogen-bond donors (Lipinski definition) is 1. The Morgan fingerprint density at radius 1 is 0.889 bits per heavy atom. The molecule has 2 nitrogen and oxygen atoms in total. The van der Waals surface area contributed by atoms with E-state index >= 15 is 0 Å². The summed E-state index contributed by atoms with van der Waals surface area (Å²) in [6.07, 6.45) is 0. The summed E-state index contributed by atoms with van der Waals surface area (Å²) in [5, 5.41) is 0. The first-order valence-corrected chi connectivity index (χ1v) is 5.97. The van der Waals surface area contributed by atoms with Gasteiger partial charge in [0.25, 0.3) is 0 Å². The summed E-state index contributed by atoms with van der Waals surface area (Å²) in [5.41, 5.74) is 12.0. The maximum atomic E-state index is 11.0. The Labute approximate surface area is 107 Å². The maximum absolute atomic E-state index is 11.0. The van der Waals surface area contributed by atoms with Gasteiger partial charge in [-0.2, -0.15) is 0 Å². The van der Waals surface area contributed by atoms with Crippen molar-refractivity contribution in [3.8, 4) is 11.1 Å². The van der Waals surface area contributed by atoms with Crippen LogP contribution in [0.5, 0.6) is 0 Å². The van der Waals surface area contributed by atoms with Crippen molar-refractivity contribution in [3.05, 3.63) is 58.7 Å². The molecular formula is C16H17NO. The molecule has 0 aliphatic heterocycles. The molecule has 2 rings (SSSR count). The molecule has 0 radical (unpaired) electrons. The molecule has 2 aromatic rings. The fourth-order valence-electron chi connectivity index (χ4n) is 2.08. The summed E-state index contributed by atoms with van der Waals surface area (Å²) >= 11 is 0.